The molecule has 8 nitrogen and oxygen atoms in total. The van der Waals surface area contributed by atoms with E-state index in [9.17, 15) is 18.0 Å². The molecule has 2 rings (SSSR count). The van der Waals surface area contributed by atoms with Crippen LogP contribution >= 0.6 is 0 Å². The molecule has 0 radical (unpaired) electrons. The normalized spacial score (nSPS) is 11.3. The second-order valence-electron chi connectivity index (χ2n) is 7.09. The number of amides is 1. The summed E-state index contributed by atoms with van der Waals surface area (Å²) >= 11 is 0. The standard InChI is InChI=1S/C23H30N2O6S/c1-5-25(6-2)32(28,29)20-12-7-17(3)21(15-20)23(27)31-16-22(26)24-14-13-18-8-10-19(30-4)11-9-18/h7-12,15H,5-6,13-14,16H2,1-4H3,(H,24,26). The van der Waals surface area contributed by atoms with Gasteiger partial charge in [0.2, 0.25) is 10.0 Å². The van der Waals surface area contributed by atoms with Crippen molar-refractivity contribution < 1.29 is 27.5 Å². The Kier molecular flexibility index (Phi) is 9.22. The van der Waals surface area contributed by atoms with E-state index in [0.717, 1.165) is 11.3 Å². The number of methoxy groups -OCH3 is 1. The van der Waals surface area contributed by atoms with Crippen LogP contribution in [-0.4, -0.2) is 58.0 Å². The number of rotatable bonds is 11. The van der Waals surface area contributed by atoms with Crippen molar-refractivity contribution in [2.75, 3.05) is 33.4 Å². The van der Waals surface area contributed by atoms with Gasteiger partial charge in [0.25, 0.3) is 5.91 Å². The maximum absolute atomic E-state index is 12.7. The molecule has 0 bridgehead atoms. The molecular formula is C23H30N2O6S. The third-order valence-corrected chi connectivity index (χ3v) is 7.05. The van der Waals surface area contributed by atoms with Crippen LogP contribution in [-0.2, 0) is 26.0 Å². The van der Waals surface area contributed by atoms with Gasteiger partial charge in [-0.25, -0.2) is 13.2 Å². The molecule has 0 spiro atoms. The van der Waals surface area contributed by atoms with Gasteiger partial charge in [0.15, 0.2) is 6.61 Å². The molecule has 0 unspecified atom stereocenters. The monoisotopic (exact) mass is 462 g/mol. The Morgan fingerprint density at radius 3 is 2.28 bits per heavy atom. The number of hydrogen-bond donors (Lipinski definition) is 1. The summed E-state index contributed by atoms with van der Waals surface area (Å²) in [5.41, 5.74) is 1.71. The predicted octanol–water partition coefficient (Wildman–Crippen LogP) is 2.55. The van der Waals surface area contributed by atoms with Crippen molar-refractivity contribution in [1.82, 2.24) is 9.62 Å². The lowest BCUT2D eigenvalue weighted by Gasteiger charge is -2.19. The summed E-state index contributed by atoms with van der Waals surface area (Å²) in [6.07, 6.45) is 0.619. The van der Waals surface area contributed by atoms with Crippen LogP contribution in [0.3, 0.4) is 0 Å². The van der Waals surface area contributed by atoms with Gasteiger partial charge in [0, 0.05) is 19.6 Å². The largest absolute Gasteiger partial charge is 0.497 e. The molecule has 32 heavy (non-hydrogen) atoms. The molecule has 0 saturated heterocycles. The number of nitrogens with one attached hydrogen (secondary N) is 1. The zero-order chi connectivity index (χ0) is 23.7. The lowest BCUT2D eigenvalue weighted by molar-refractivity contribution is -0.124. The van der Waals surface area contributed by atoms with Crippen LogP contribution in [0.15, 0.2) is 47.4 Å². The molecule has 9 heteroatoms. The molecule has 1 N–H and O–H groups in total. The van der Waals surface area contributed by atoms with E-state index in [1.807, 2.05) is 24.3 Å². The van der Waals surface area contributed by atoms with Gasteiger partial charge in [0.05, 0.1) is 17.6 Å². The first-order valence-electron chi connectivity index (χ1n) is 10.4. The third-order valence-electron chi connectivity index (χ3n) is 5.00. The molecule has 0 aromatic heterocycles. The Morgan fingerprint density at radius 1 is 1.03 bits per heavy atom. The van der Waals surface area contributed by atoms with E-state index < -0.39 is 28.5 Å². The molecule has 0 atom stereocenters. The fourth-order valence-corrected chi connectivity index (χ4v) is 4.58. The summed E-state index contributed by atoms with van der Waals surface area (Å²) in [5.74, 6) is -0.421. The van der Waals surface area contributed by atoms with E-state index in [0.29, 0.717) is 31.6 Å². The molecule has 0 aliphatic heterocycles. The highest BCUT2D eigenvalue weighted by atomic mass is 32.2. The Bertz CT molecular complexity index is 1030. The fourth-order valence-electron chi connectivity index (χ4n) is 3.09. The van der Waals surface area contributed by atoms with Gasteiger partial charge in [-0.05, 0) is 48.7 Å². The molecule has 0 fully saturated rings. The number of benzene rings is 2. The first-order chi connectivity index (χ1) is 15.2. The number of carbonyl (C=O) groups excluding carboxylic acids is 2. The van der Waals surface area contributed by atoms with Gasteiger partial charge in [-0.3, -0.25) is 4.79 Å². The third kappa shape index (κ3) is 6.54. The number of aryl methyl sites for hydroxylation is 1. The predicted molar refractivity (Wildman–Crippen MR) is 121 cm³/mol. The average Bonchev–Trinajstić information content (AvgIpc) is 2.78. The summed E-state index contributed by atoms with van der Waals surface area (Å²) in [6.45, 7) is 5.76. The average molecular weight is 463 g/mol. The quantitative estimate of drug-likeness (QED) is 0.515. The molecule has 0 aliphatic carbocycles. The van der Waals surface area contributed by atoms with Crippen LogP contribution in [0.5, 0.6) is 5.75 Å². The number of ether oxygens (including phenoxy) is 2. The van der Waals surface area contributed by atoms with Crippen molar-refractivity contribution in [3.63, 3.8) is 0 Å². The molecule has 0 saturated carbocycles. The fraction of sp³-hybridized carbons (Fsp3) is 0.391. The number of esters is 1. The highest BCUT2D eigenvalue weighted by Gasteiger charge is 2.24. The van der Waals surface area contributed by atoms with Crippen molar-refractivity contribution in [3.05, 3.63) is 59.2 Å². The topological polar surface area (TPSA) is 102 Å². The Morgan fingerprint density at radius 2 is 1.69 bits per heavy atom. The van der Waals surface area contributed by atoms with Crippen molar-refractivity contribution in [2.45, 2.75) is 32.1 Å². The highest BCUT2D eigenvalue weighted by Crippen LogP contribution is 2.20. The second-order valence-corrected chi connectivity index (χ2v) is 9.03. The van der Waals surface area contributed by atoms with Gasteiger partial charge in [-0.2, -0.15) is 4.31 Å². The summed E-state index contributed by atoms with van der Waals surface area (Å²) in [7, 11) is -2.11. The van der Waals surface area contributed by atoms with E-state index in [1.54, 1.807) is 33.9 Å². The minimum atomic E-state index is -3.71. The SMILES string of the molecule is CCN(CC)S(=O)(=O)c1ccc(C)c(C(=O)OCC(=O)NCCc2ccc(OC)cc2)c1. The summed E-state index contributed by atoms with van der Waals surface area (Å²) in [6, 6.07) is 11.8. The van der Waals surface area contributed by atoms with E-state index in [4.69, 9.17) is 9.47 Å². The van der Waals surface area contributed by atoms with Gasteiger partial charge in [-0.15, -0.1) is 0 Å². The molecule has 2 aromatic rings. The number of hydrogen-bond acceptors (Lipinski definition) is 6. The molecule has 0 aliphatic rings. The first-order valence-corrected chi connectivity index (χ1v) is 11.8. The molecule has 2 aromatic carbocycles. The van der Waals surface area contributed by atoms with Crippen molar-refractivity contribution in [1.29, 1.82) is 0 Å². The van der Waals surface area contributed by atoms with Crippen LogP contribution in [0.1, 0.15) is 35.3 Å². The molecule has 174 valence electrons. The Hall–Kier alpha value is -2.91. The zero-order valence-corrected chi connectivity index (χ0v) is 19.7. The first kappa shape index (κ1) is 25.4. The maximum atomic E-state index is 12.7. The highest BCUT2D eigenvalue weighted by molar-refractivity contribution is 7.89. The van der Waals surface area contributed by atoms with Crippen LogP contribution in [0, 0.1) is 6.92 Å². The number of nitrogens with zero attached hydrogens (tertiary/aromatic N) is 1. The van der Waals surface area contributed by atoms with Gasteiger partial charge >= 0.3 is 5.97 Å². The Labute approximate surface area is 189 Å². The smallest absolute Gasteiger partial charge is 0.338 e. The lowest BCUT2D eigenvalue weighted by Crippen LogP contribution is -2.31. The second kappa shape index (κ2) is 11.6. The maximum Gasteiger partial charge on any atom is 0.338 e. The van der Waals surface area contributed by atoms with Crippen LogP contribution < -0.4 is 10.1 Å². The Balaban J connectivity index is 1.93. The molecule has 1 amide bonds. The van der Waals surface area contributed by atoms with E-state index in [1.165, 1.54) is 16.4 Å². The van der Waals surface area contributed by atoms with Crippen molar-refractivity contribution in [2.24, 2.45) is 0 Å². The summed E-state index contributed by atoms with van der Waals surface area (Å²) < 4.78 is 37.0. The molecular weight excluding hydrogens is 432 g/mol. The van der Waals surface area contributed by atoms with Gasteiger partial charge in [0.1, 0.15) is 5.75 Å². The zero-order valence-electron chi connectivity index (χ0n) is 18.9. The number of sulfonamides is 1. The van der Waals surface area contributed by atoms with E-state index >= 15 is 0 Å². The van der Waals surface area contributed by atoms with Gasteiger partial charge < -0.3 is 14.8 Å². The van der Waals surface area contributed by atoms with Crippen LogP contribution in [0.25, 0.3) is 0 Å². The molecule has 0 heterocycles. The minimum absolute atomic E-state index is 0.0164. The van der Waals surface area contributed by atoms with Crippen molar-refractivity contribution in [3.8, 4) is 5.75 Å². The van der Waals surface area contributed by atoms with Gasteiger partial charge in [-0.1, -0.05) is 32.0 Å². The summed E-state index contributed by atoms with van der Waals surface area (Å²) in [4.78, 5) is 24.5. The van der Waals surface area contributed by atoms with E-state index in [2.05, 4.69) is 5.32 Å². The van der Waals surface area contributed by atoms with Crippen LogP contribution in [0.2, 0.25) is 0 Å². The number of carbonyl (C=O) groups is 2. The summed E-state index contributed by atoms with van der Waals surface area (Å²) in [5, 5.41) is 2.70. The van der Waals surface area contributed by atoms with Crippen LogP contribution in [0.4, 0.5) is 0 Å². The minimum Gasteiger partial charge on any atom is -0.497 e. The van der Waals surface area contributed by atoms with Crippen molar-refractivity contribution >= 4 is 21.9 Å². The lowest BCUT2D eigenvalue weighted by atomic mass is 10.1. The van der Waals surface area contributed by atoms with E-state index in [-0.39, 0.29) is 10.5 Å².